The highest BCUT2D eigenvalue weighted by Gasteiger charge is 2.39. The van der Waals surface area contributed by atoms with Crippen molar-refractivity contribution in [2.24, 2.45) is 0 Å². The number of fused-ring (bicyclic) bond motifs is 8. The van der Waals surface area contributed by atoms with Crippen molar-refractivity contribution in [3.63, 3.8) is 0 Å². The first kappa shape index (κ1) is 30.7. The van der Waals surface area contributed by atoms with Crippen LogP contribution in [0.5, 0.6) is 0 Å². The number of anilines is 3. The van der Waals surface area contributed by atoms with E-state index in [4.69, 9.17) is 0 Å². The van der Waals surface area contributed by atoms with Crippen LogP contribution in [0.3, 0.4) is 0 Å². The maximum Gasteiger partial charge on any atom is 0.0881 e. The average molecular weight is 671 g/mol. The van der Waals surface area contributed by atoms with Crippen molar-refractivity contribution in [3.05, 3.63) is 169 Å². The molecule has 6 aromatic carbocycles. The summed E-state index contributed by atoms with van der Waals surface area (Å²) in [6, 6.07) is 42.9. The lowest BCUT2D eigenvalue weighted by Crippen LogP contribution is -2.22. The second kappa shape index (κ2) is 11.1. The van der Waals surface area contributed by atoms with Crippen molar-refractivity contribution in [2.45, 2.75) is 41.9 Å². The predicted molar refractivity (Wildman–Crippen MR) is 210 cm³/mol. The van der Waals surface area contributed by atoms with Crippen LogP contribution in [0, 0.1) is 0 Å². The van der Waals surface area contributed by atoms with E-state index in [-0.39, 0.29) is 5.41 Å². The number of para-hydroxylation sites is 2. The molecule has 50 heavy (non-hydrogen) atoms. The van der Waals surface area contributed by atoms with Crippen LogP contribution >= 0.6 is 10.6 Å². The van der Waals surface area contributed by atoms with Crippen LogP contribution < -0.4 is 4.90 Å². The standard InChI is InChI=1S/C45H38N2O2S/c1-5-11-29-17-23-41-43(25-29)50(48,49)44-26-30(12-6-2)18-24-42(44)47(41)32-20-22-34-33-21-19-31(27-37(33)45(3,4)38(34)28-32)46-39-15-9-7-13-35(39)36-14-8-10-16-40(36)46/h5-10,13-28,48-49H,1-2,11-12H2,3-4H3. The molecule has 0 radical (unpaired) electrons. The number of allylic oxidation sites excluding steroid dienone is 2. The molecule has 0 amide bonds. The highest BCUT2D eigenvalue weighted by atomic mass is 32.3. The molecule has 0 unspecified atom stereocenters. The molecule has 1 aliphatic carbocycles. The molecule has 7 aromatic rings. The molecular weight excluding hydrogens is 633 g/mol. The van der Waals surface area contributed by atoms with E-state index in [0.717, 1.165) is 33.9 Å². The van der Waals surface area contributed by atoms with Gasteiger partial charge in [0.1, 0.15) is 0 Å². The van der Waals surface area contributed by atoms with Crippen molar-refractivity contribution in [2.75, 3.05) is 4.90 Å². The molecule has 5 heteroatoms. The minimum absolute atomic E-state index is 0.276. The summed E-state index contributed by atoms with van der Waals surface area (Å²) in [5, 5.41) is 2.51. The minimum atomic E-state index is -3.27. The molecule has 0 saturated heterocycles. The number of benzene rings is 6. The van der Waals surface area contributed by atoms with Gasteiger partial charge in [-0.1, -0.05) is 86.7 Å². The molecule has 1 aliphatic heterocycles. The van der Waals surface area contributed by atoms with Crippen molar-refractivity contribution in [1.82, 2.24) is 4.57 Å². The van der Waals surface area contributed by atoms with Gasteiger partial charge in [-0.2, -0.15) is 0 Å². The summed E-state index contributed by atoms with van der Waals surface area (Å²) in [6.45, 7) is 12.4. The van der Waals surface area contributed by atoms with Crippen LogP contribution in [0.4, 0.5) is 17.1 Å². The average Bonchev–Trinajstić information content (AvgIpc) is 3.57. The number of hydrogen-bond acceptors (Lipinski definition) is 3. The van der Waals surface area contributed by atoms with Crippen LogP contribution in [0.1, 0.15) is 36.1 Å². The van der Waals surface area contributed by atoms with E-state index in [1.165, 1.54) is 44.1 Å². The molecule has 4 nitrogen and oxygen atoms in total. The Bertz CT molecular complexity index is 2440. The Labute approximate surface area is 294 Å². The van der Waals surface area contributed by atoms with E-state index in [0.29, 0.717) is 22.6 Å². The van der Waals surface area contributed by atoms with Crippen LogP contribution in [-0.2, 0) is 18.3 Å². The predicted octanol–water partition coefficient (Wildman–Crippen LogP) is 12.5. The Morgan fingerprint density at radius 3 is 1.60 bits per heavy atom. The van der Waals surface area contributed by atoms with Gasteiger partial charge in [-0.25, -0.2) is 0 Å². The van der Waals surface area contributed by atoms with Gasteiger partial charge in [0.2, 0.25) is 0 Å². The third-order valence-electron chi connectivity index (χ3n) is 10.6. The SMILES string of the molecule is C=CCc1ccc2c(c1)S(O)(O)c1cc(CC=C)ccc1N2c1ccc2c(c1)C(C)(C)c1cc(-n3c4ccccc4c4ccccc43)ccc1-2. The lowest BCUT2D eigenvalue weighted by Gasteiger charge is -2.45. The molecule has 0 atom stereocenters. The highest BCUT2D eigenvalue weighted by Crippen LogP contribution is 2.67. The zero-order valence-electron chi connectivity index (χ0n) is 28.2. The summed E-state index contributed by atoms with van der Waals surface area (Å²) in [5.74, 6) is 0. The first-order valence-corrected chi connectivity index (χ1v) is 18.6. The molecule has 2 aliphatic rings. The molecule has 2 N–H and O–H groups in total. The Hall–Kier alpha value is -5.33. The number of hydrogen-bond donors (Lipinski definition) is 2. The lowest BCUT2D eigenvalue weighted by molar-refractivity contribution is 0.485. The highest BCUT2D eigenvalue weighted by molar-refractivity contribution is 8.24. The van der Waals surface area contributed by atoms with Gasteiger partial charge in [-0.05, 0) is 107 Å². The maximum absolute atomic E-state index is 11.9. The lowest BCUT2D eigenvalue weighted by atomic mass is 9.82. The van der Waals surface area contributed by atoms with Crippen molar-refractivity contribution in [1.29, 1.82) is 0 Å². The molecular formula is C45H38N2O2S. The third-order valence-corrected chi connectivity index (χ3v) is 12.5. The molecule has 0 saturated carbocycles. The Morgan fingerprint density at radius 2 is 1.08 bits per heavy atom. The first-order valence-electron chi connectivity index (χ1n) is 17.1. The molecule has 0 bridgehead atoms. The Kier molecular flexibility index (Phi) is 6.81. The van der Waals surface area contributed by atoms with E-state index < -0.39 is 10.6 Å². The van der Waals surface area contributed by atoms with Gasteiger partial charge in [-0.3, -0.25) is 9.11 Å². The second-order valence-corrected chi connectivity index (χ2v) is 15.9. The Morgan fingerprint density at radius 1 is 0.600 bits per heavy atom. The van der Waals surface area contributed by atoms with Crippen LogP contribution in [0.15, 0.2) is 156 Å². The number of nitrogens with zero attached hydrogens (tertiary/aromatic N) is 2. The molecule has 2 heterocycles. The smallest absolute Gasteiger partial charge is 0.0881 e. The fourth-order valence-corrected chi connectivity index (χ4v) is 10.0. The van der Waals surface area contributed by atoms with E-state index in [1.807, 2.05) is 36.4 Å². The summed E-state index contributed by atoms with van der Waals surface area (Å²) in [7, 11) is -3.27. The van der Waals surface area contributed by atoms with Gasteiger partial charge < -0.3 is 9.47 Å². The maximum atomic E-state index is 11.9. The molecule has 0 fully saturated rings. The Balaban J connectivity index is 1.20. The topological polar surface area (TPSA) is 48.6 Å². The van der Waals surface area contributed by atoms with E-state index >= 15 is 0 Å². The van der Waals surface area contributed by atoms with E-state index in [1.54, 1.807) is 0 Å². The summed E-state index contributed by atoms with van der Waals surface area (Å²) >= 11 is 0. The monoisotopic (exact) mass is 670 g/mol. The fourth-order valence-electron chi connectivity index (χ4n) is 8.25. The van der Waals surface area contributed by atoms with Gasteiger partial charge in [0.15, 0.2) is 0 Å². The molecule has 246 valence electrons. The number of rotatable bonds is 6. The molecule has 9 rings (SSSR count). The molecule has 1 aromatic heterocycles. The van der Waals surface area contributed by atoms with Crippen molar-refractivity contribution in [3.8, 4) is 16.8 Å². The summed E-state index contributed by atoms with van der Waals surface area (Å²) < 4.78 is 26.1. The van der Waals surface area contributed by atoms with Crippen LogP contribution in [-0.4, -0.2) is 13.7 Å². The molecule has 0 spiro atoms. The minimum Gasteiger partial charge on any atom is -0.309 e. The summed E-state index contributed by atoms with van der Waals surface area (Å²) in [6.07, 6.45) is 4.98. The van der Waals surface area contributed by atoms with Gasteiger partial charge in [0.25, 0.3) is 0 Å². The van der Waals surface area contributed by atoms with Crippen LogP contribution in [0.2, 0.25) is 0 Å². The third kappa shape index (κ3) is 4.34. The zero-order valence-corrected chi connectivity index (χ0v) is 29.0. The normalized spacial score (nSPS) is 15.6. The van der Waals surface area contributed by atoms with E-state index in [9.17, 15) is 9.11 Å². The zero-order chi connectivity index (χ0) is 34.4. The number of aromatic nitrogens is 1. The van der Waals surface area contributed by atoms with Crippen LogP contribution in [0.25, 0.3) is 38.6 Å². The van der Waals surface area contributed by atoms with Gasteiger partial charge in [-0.15, -0.1) is 23.7 Å². The first-order chi connectivity index (χ1) is 24.2. The van der Waals surface area contributed by atoms with Gasteiger partial charge in [0.05, 0.1) is 32.2 Å². The fraction of sp³-hybridized carbons (Fsp3) is 0.111. The van der Waals surface area contributed by atoms with Crippen molar-refractivity contribution >= 4 is 49.5 Å². The second-order valence-electron chi connectivity index (χ2n) is 13.9. The summed E-state index contributed by atoms with van der Waals surface area (Å²) in [5.41, 5.74) is 12.8. The van der Waals surface area contributed by atoms with Crippen molar-refractivity contribution < 1.29 is 9.11 Å². The van der Waals surface area contributed by atoms with Gasteiger partial charge >= 0.3 is 0 Å². The largest absolute Gasteiger partial charge is 0.309 e. The summed E-state index contributed by atoms with van der Waals surface area (Å²) in [4.78, 5) is 3.28. The quantitative estimate of drug-likeness (QED) is 0.173. The van der Waals surface area contributed by atoms with E-state index in [2.05, 4.69) is 134 Å². The van der Waals surface area contributed by atoms with Gasteiger partial charge in [0, 0.05) is 27.6 Å².